The zero-order chi connectivity index (χ0) is 20.4. The molecule has 28 heavy (non-hydrogen) atoms. The smallest absolute Gasteiger partial charge is 0.359 e. The maximum Gasteiger partial charge on any atom is 0.359 e. The van der Waals surface area contributed by atoms with E-state index >= 15 is 0 Å². The van der Waals surface area contributed by atoms with E-state index in [0.717, 1.165) is 4.57 Å². The van der Waals surface area contributed by atoms with Gasteiger partial charge in [0.2, 0.25) is 5.75 Å². The van der Waals surface area contributed by atoms with Gasteiger partial charge in [0.25, 0.3) is 5.91 Å². The van der Waals surface area contributed by atoms with Crippen molar-refractivity contribution in [3.8, 4) is 22.9 Å². The zero-order valence-corrected chi connectivity index (χ0v) is 15.9. The van der Waals surface area contributed by atoms with Gasteiger partial charge in [-0.05, 0) is 36.4 Å². The first kappa shape index (κ1) is 19.3. The molecular formula is C18H16ClN3O6. The lowest BCUT2D eigenvalue weighted by Crippen LogP contribution is -2.30. The predicted molar refractivity (Wildman–Crippen MR) is 101 cm³/mol. The Kier molecular flexibility index (Phi) is 5.27. The number of hydrogen-bond donors (Lipinski definition) is 1. The summed E-state index contributed by atoms with van der Waals surface area (Å²) in [6, 6.07) is 8.81. The Balaban J connectivity index is 2.12. The predicted octanol–water partition coefficient (Wildman–Crippen LogP) is 1.69. The lowest BCUT2D eigenvalue weighted by atomic mass is 10.1. The number of aromatic nitrogens is 3. The Hall–Kier alpha value is -3.46. The van der Waals surface area contributed by atoms with Crippen molar-refractivity contribution in [2.45, 2.75) is 0 Å². The van der Waals surface area contributed by atoms with E-state index in [2.05, 4.69) is 5.10 Å². The summed E-state index contributed by atoms with van der Waals surface area (Å²) >= 11 is 5.83. The fourth-order valence-corrected chi connectivity index (χ4v) is 2.80. The molecule has 0 amide bonds. The van der Waals surface area contributed by atoms with Crippen LogP contribution < -0.4 is 25.6 Å². The molecule has 1 heterocycles. The third-order valence-corrected chi connectivity index (χ3v) is 4.24. The van der Waals surface area contributed by atoms with Crippen LogP contribution in [0.25, 0.3) is 5.69 Å². The van der Waals surface area contributed by atoms with Crippen LogP contribution in [0.15, 0.2) is 46.0 Å². The van der Waals surface area contributed by atoms with Gasteiger partial charge in [-0.3, -0.25) is 4.79 Å². The maximum absolute atomic E-state index is 12.9. The highest BCUT2D eigenvalue weighted by Gasteiger charge is 2.22. The number of carbonyl (C=O) groups is 1. The minimum absolute atomic E-state index is 0.0566. The van der Waals surface area contributed by atoms with Crippen molar-refractivity contribution in [2.24, 2.45) is 0 Å². The number of H-pyrrole nitrogens is 1. The third kappa shape index (κ3) is 3.27. The first-order valence-electron chi connectivity index (χ1n) is 7.96. The molecule has 0 bridgehead atoms. The van der Waals surface area contributed by atoms with Crippen LogP contribution in [0.4, 0.5) is 0 Å². The van der Waals surface area contributed by atoms with Crippen molar-refractivity contribution in [2.75, 3.05) is 21.3 Å². The van der Waals surface area contributed by atoms with E-state index in [-0.39, 0.29) is 22.7 Å². The van der Waals surface area contributed by atoms with Gasteiger partial charge in [0, 0.05) is 10.6 Å². The van der Waals surface area contributed by atoms with Gasteiger partial charge in [0.05, 0.1) is 27.0 Å². The van der Waals surface area contributed by atoms with E-state index in [4.69, 9.17) is 25.8 Å². The average molecular weight is 406 g/mol. The minimum atomic E-state index is -0.855. The number of ether oxygens (including phenoxy) is 3. The van der Waals surface area contributed by atoms with Gasteiger partial charge in [0.1, 0.15) is 0 Å². The molecule has 2 aromatic carbocycles. The molecule has 0 radical (unpaired) electrons. The van der Waals surface area contributed by atoms with Crippen LogP contribution in [0, 0.1) is 0 Å². The van der Waals surface area contributed by atoms with Crippen molar-refractivity contribution in [3.63, 3.8) is 0 Å². The molecule has 0 fully saturated rings. The lowest BCUT2D eigenvalue weighted by molar-refractivity contribution is 0.0939. The Bertz CT molecular complexity index is 1120. The fourth-order valence-electron chi connectivity index (χ4n) is 2.67. The average Bonchev–Trinajstić information content (AvgIpc) is 3.00. The molecule has 0 saturated carbocycles. The van der Waals surface area contributed by atoms with Crippen LogP contribution in [0.1, 0.15) is 10.4 Å². The van der Waals surface area contributed by atoms with Crippen molar-refractivity contribution >= 4 is 17.5 Å². The second-order valence-electron chi connectivity index (χ2n) is 5.57. The minimum Gasteiger partial charge on any atom is -0.493 e. The van der Waals surface area contributed by atoms with Crippen LogP contribution in [0.5, 0.6) is 17.2 Å². The second kappa shape index (κ2) is 7.65. The normalized spacial score (nSPS) is 10.6. The van der Waals surface area contributed by atoms with Crippen molar-refractivity contribution in [3.05, 3.63) is 68.0 Å². The molecule has 0 aliphatic carbocycles. The second-order valence-corrected chi connectivity index (χ2v) is 6.00. The van der Waals surface area contributed by atoms with Crippen molar-refractivity contribution < 1.29 is 19.0 Å². The Morgan fingerprint density at radius 2 is 1.54 bits per heavy atom. The van der Waals surface area contributed by atoms with Gasteiger partial charge in [-0.2, -0.15) is 4.68 Å². The van der Waals surface area contributed by atoms with Gasteiger partial charge in [0.15, 0.2) is 11.5 Å². The number of carbonyl (C=O) groups excluding carboxylic acids is 1. The molecule has 0 spiro atoms. The molecule has 0 saturated heterocycles. The van der Waals surface area contributed by atoms with Crippen LogP contribution in [-0.2, 0) is 0 Å². The summed E-state index contributed by atoms with van der Waals surface area (Å²) in [5.74, 6) is -0.00866. The number of halogens is 1. The molecular weight excluding hydrogens is 390 g/mol. The first-order chi connectivity index (χ1) is 13.4. The molecule has 3 aromatic rings. The molecule has 10 heteroatoms. The Labute approximate surface area is 163 Å². The number of benzene rings is 2. The van der Waals surface area contributed by atoms with E-state index in [1.165, 1.54) is 57.7 Å². The number of aromatic amines is 1. The Morgan fingerprint density at radius 3 is 2.04 bits per heavy atom. The summed E-state index contributed by atoms with van der Waals surface area (Å²) in [6.45, 7) is 0. The topological polar surface area (TPSA) is 105 Å². The summed E-state index contributed by atoms with van der Waals surface area (Å²) in [6.07, 6.45) is 0. The quantitative estimate of drug-likeness (QED) is 0.692. The lowest BCUT2D eigenvalue weighted by Gasteiger charge is -2.13. The van der Waals surface area contributed by atoms with Crippen LogP contribution in [-0.4, -0.2) is 41.6 Å². The summed E-state index contributed by atoms with van der Waals surface area (Å²) in [4.78, 5) is 37.8. The van der Waals surface area contributed by atoms with Gasteiger partial charge < -0.3 is 14.2 Å². The van der Waals surface area contributed by atoms with Gasteiger partial charge in [-0.25, -0.2) is 19.3 Å². The maximum atomic E-state index is 12.9. The summed E-state index contributed by atoms with van der Waals surface area (Å²) in [7, 11) is 4.23. The SMILES string of the molecule is COc1cc(C(=O)n2[nH]c(=O)n(-c3ccc(Cl)cc3)c2=O)cc(OC)c1OC. The monoisotopic (exact) mass is 405 g/mol. The van der Waals surface area contributed by atoms with Gasteiger partial charge in [-0.1, -0.05) is 11.6 Å². The molecule has 146 valence electrons. The van der Waals surface area contributed by atoms with Crippen molar-refractivity contribution in [1.29, 1.82) is 0 Å². The summed E-state index contributed by atoms with van der Waals surface area (Å²) in [5, 5.41) is 2.69. The summed E-state index contributed by atoms with van der Waals surface area (Å²) in [5.41, 5.74) is -1.30. The molecule has 0 aliphatic rings. The van der Waals surface area contributed by atoms with Gasteiger partial charge >= 0.3 is 11.4 Å². The number of nitrogens with one attached hydrogen (secondary N) is 1. The van der Waals surface area contributed by atoms with E-state index in [0.29, 0.717) is 15.5 Å². The molecule has 0 unspecified atom stereocenters. The Morgan fingerprint density at radius 1 is 0.964 bits per heavy atom. The van der Waals surface area contributed by atoms with E-state index in [9.17, 15) is 14.4 Å². The number of methoxy groups -OCH3 is 3. The molecule has 9 nitrogen and oxygen atoms in total. The van der Waals surface area contributed by atoms with E-state index < -0.39 is 17.3 Å². The zero-order valence-electron chi connectivity index (χ0n) is 15.2. The van der Waals surface area contributed by atoms with Crippen LogP contribution in [0.2, 0.25) is 5.02 Å². The number of nitrogens with zero attached hydrogens (tertiary/aromatic N) is 2. The third-order valence-electron chi connectivity index (χ3n) is 3.99. The highest BCUT2D eigenvalue weighted by atomic mass is 35.5. The number of rotatable bonds is 5. The highest BCUT2D eigenvalue weighted by Crippen LogP contribution is 2.38. The van der Waals surface area contributed by atoms with E-state index in [1.807, 2.05) is 0 Å². The largest absolute Gasteiger partial charge is 0.493 e. The van der Waals surface area contributed by atoms with Crippen molar-refractivity contribution in [1.82, 2.24) is 14.3 Å². The molecule has 3 rings (SSSR count). The fraction of sp³-hybridized carbons (Fsp3) is 0.167. The standard InChI is InChI=1S/C18H16ClN3O6/c1-26-13-8-10(9-14(27-2)15(13)28-3)16(23)22-18(25)21(17(24)20-22)12-6-4-11(19)5-7-12/h4-9H,1-3H3,(H,20,24). The molecule has 0 atom stereocenters. The summed E-state index contributed by atoms with van der Waals surface area (Å²) < 4.78 is 17.1. The molecule has 0 aliphatic heterocycles. The highest BCUT2D eigenvalue weighted by molar-refractivity contribution is 6.30. The number of hydrogen-bond acceptors (Lipinski definition) is 6. The van der Waals surface area contributed by atoms with Crippen LogP contribution in [0.3, 0.4) is 0 Å². The van der Waals surface area contributed by atoms with Gasteiger partial charge in [-0.15, -0.1) is 0 Å². The molecule has 1 aromatic heterocycles. The first-order valence-corrected chi connectivity index (χ1v) is 8.33. The van der Waals surface area contributed by atoms with Crippen LogP contribution >= 0.6 is 11.6 Å². The molecule has 1 N–H and O–H groups in total. The van der Waals surface area contributed by atoms with E-state index in [1.54, 1.807) is 0 Å².